The van der Waals surface area contributed by atoms with Crippen LogP contribution in [0.2, 0.25) is 0 Å². The number of imidazole rings is 1. The number of carbonyl (C=O) groups is 1. The molecule has 1 saturated carbocycles. The van der Waals surface area contributed by atoms with Crippen LogP contribution in [0.5, 0.6) is 5.88 Å². The van der Waals surface area contributed by atoms with E-state index in [1.165, 1.54) is 17.5 Å². The number of thiophene rings is 1. The smallest absolute Gasteiger partial charge is 0.326 e. The lowest BCUT2D eigenvalue weighted by molar-refractivity contribution is 0.103. The summed E-state index contributed by atoms with van der Waals surface area (Å²) >= 11 is 1.31. The molecule has 5 aromatic heterocycles. The van der Waals surface area contributed by atoms with Gasteiger partial charge < -0.3 is 10.1 Å². The van der Waals surface area contributed by atoms with E-state index in [0.717, 1.165) is 23.4 Å². The highest BCUT2D eigenvalue weighted by Crippen LogP contribution is 2.28. The van der Waals surface area contributed by atoms with Crippen molar-refractivity contribution < 1.29 is 9.90 Å². The lowest BCUT2D eigenvalue weighted by Crippen LogP contribution is -2.19. The van der Waals surface area contributed by atoms with Crippen molar-refractivity contribution in [3.63, 3.8) is 0 Å². The molecular weight excluding hydrogens is 468 g/mol. The average Bonchev–Trinajstić information content (AvgIpc) is 3.23. The van der Waals surface area contributed by atoms with Crippen molar-refractivity contribution >= 4 is 28.8 Å². The van der Waals surface area contributed by atoms with Crippen LogP contribution >= 0.6 is 11.3 Å². The second-order valence-electron chi connectivity index (χ2n) is 8.22. The zero-order chi connectivity index (χ0) is 24.1. The molecule has 0 unspecified atom stereocenters. The van der Waals surface area contributed by atoms with Gasteiger partial charge in [-0.15, -0.1) is 11.3 Å². The third kappa shape index (κ3) is 4.04. The van der Waals surface area contributed by atoms with Crippen LogP contribution in [0.25, 0.3) is 22.3 Å². The number of nitrogens with zero attached hydrogens (tertiary/aromatic N) is 6. The maximum Gasteiger partial charge on any atom is 0.326 e. The summed E-state index contributed by atoms with van der Waals surface area (Å²) in [6.07, 6.45) is 8.27. The van der Waals surface area contributed by atoms with Gasteiger partial charge in [0.05, 0.1) is 39.6 Å². The van der Waals surface area contributed by atoms with Gasteiger partial charge in [0.15, 0.2) is 11.1 Å². The van der Waals surface area contributed by atoms with E-state index in [9.17, 15) is 14.7 Å². The van der Waals surface area contributed by atoms with Gasteiger partial charge >= 0.3 is 5.69 Å². The third-order valence-electron chi connectivity index (χ3n) is 5.47. The van der Waals surface area contributed by atoms with Crippen LogP contribution in [-0.4, -0.2) is 51.5 Å². The lowest BCUT2D eigenvalue weighted by atomic mass is 10.2. The molecule has 0 atom stereocenters. The van der Waals surface area contributed by atoms with Crippen molar-refractivity contribution in [2.24, 2.45) is 4.99 Å². The average molecular weight is 487 g/mol. The van der Waals surface area contributed by atoms with Crippen molar-refractivity contribution in [3.8, 4) is 16.5 Å². The zero-order valence-corrected chi connectivity index (χ0v) is 19.2. The van der Waals surface area contributed by atoms with Gasteiger partial charge in [-0.2, -0.15) is 9.61 Å². The number of aromatic hydroxyl groups is 1. The Kier molecular flexibility index (Phi) is 4.88. The highest BCUT2D eigenvalue weighted by atomic mass is 32.1. The molecule has 174 valence electrons. The van der Waals surface area contributed by atoms with Crippen molar-refractivity contribution in [1.82, 2.24) is 34.5 Å². The van der Waals surface area contributed by atoms with Crippen LogP contribution in [0, 0.1) is 6.92 Å². The van der Waals surface area contributed by atoms with Gasteiger partial charge in [-0.3, -0.25) is 19.8 Å². The summed E-state index contributed by atoms with van der Waals surface area (Å²) < 4.78 is 1.64. The fourth-order valence-electron chi connectivity index (χ4n) is 3.56. The van der Waals surface area contributed by atoms with Gasteiger partial charge in [0, 0.05) is 17.5 Å². The lowest BCUT2D eigenvalue weighted by Gasteiger charge is -2.01. The number of carbonyl (C=O) groups excluding carboxylic acids is 1. The Bertz CT molecular complexity index is 1770. The Labute approximate surface area is 200 Å². The molecule has 0 amide bonds. The molecule has 11 nitrogen and oxygen atoms in total. The summed E-state index contributed by atoms with van der Waals surface area (Å²) in [5, 5.41) is 15.0. The highest BCUT2D eigenvalue weighted by molar-refractivity contribution is 7.17. The first-order valence-corrected chi connectivity index (χ1v) is 11.7. The minimum atomic E-state index is -0.516. The van der Waals surface area contributed by atoms with E-state index < -0.39 is 5.69 Å². The molecule has 5 aromatic rings. The molecule has 0 saturated heterocycles. The first kappa shape index (κ1) is 21.1. The molecule has 1 fully saturated rings. The molecular formula is C23H18N8O3S. The number of H-pyrrole nitrogens is 2. The van der Waals surface area contributed by atoms with E-state index in [2.05, 4.69) is 25.0 Å². The quantitative estimate of drug-likeness (QED) is 0.315. The molecule has 12 heteroatoms. The summed E-state index contributed by atoms with van der Waals surface area (Å²) in [5.74, 6) is -0.475. The monoisotopic (exact) mass is 486 g/mol. The van der Waals surface area contributed by atoms with Gasteiger partial charge in [-0.05, 0) is 38.0 Å². The Morgan fingerprint density at radius 2 is 2.09 bits per heavy atom. The third-order valence-corrected chi connectivity index (χ3v) is 6.58. The Hall–Kier alpha value is -4.45. The molecule has 35 heavy (non-hydrogen) atoms. The summed E-state index contributed by atoms with van der Waals surface area (Å²) in [4.78, 5) is 48.4. The van der Waals surface area contributed by atoms with Gasteiger partial charge in [0.25, 0.3) is 0 Å². The van der Waals surface area contributed by atoms with Crippen LogP contribution < -0.4 is 16.4 Å². The van der Waals surface area contributed by atoms with E-state index in [4.69, 9.17) is 9.98 Å². The topological polar surface area (TPSA) is 154 Å². The molecule has 3 N–H and O–H groups in total. The first-order valence-electron chi connectivity index (χ1n) is 10.8. The van der Waals surface area contributed by atoms with Crippen LogP contribution in [0.1, 0.15) is 39.6 Å². The van der Waals surface area contributed by atoms with Crippen LogP contribution in [0.3, 0.4) is 0 Å². The number of hydrogen-bond acceptors (Lipinski definition) is 9. The number of ketones is 1. The predicted octanol–water partition coefficient (Wildman–Crippen LogP) is 1.12. The number of hydrogen-bond donors (Lipinski definition) is 3. The first-order chi connectivity index (χ1) is 16.9. The summed E-state index contributed by atoms with van der Waals surface area (Å²) in [5.41, 5.74) is 2.52. The van der Waals surface area contributed by atoms with E-state index >= 15 is 0 Å². The Balaban J connectivity index is 1.47. The molecule has 6 rings (SSSR count). The predicted molar refractivity (Wildman–Crippen MR) is 127 cm³/mol. The molecule has 0 aromatic carbocycles. The molecule has 5 heterocycles. The second kappa shape index (κ2) is 8.09. The SMILES string of the molecule is Cc1cnc(C(=O)c2ccc(-c3cc(=NC4CC4)n4ncc(=Cc5[nH]c(=O)[nH]c5O)c4n3)s2)cn1. The van der Waals surface area contributed by atoms with Gasteiger partial charge in [-0.1, -0.05) is 0 Å². The number of aryl methyl sites for hydroxylation is 1. The summed E-state index contributed by atoms with van der Waals surface area (Å²) in [7, 11) is 0. The standard InChI is InChI=1S/C23H18N8O3S/c1-11-8-25-16(10-24-11)20(32)18-5-4-17(35-18)14-7-19(27-13-2-3-13)31-21(28-14)12(9-26-31)6-15-22(33)30-23(34)29-15/h4-10,13,33H,2-3H2,1H3,(H2,29,30,34). The molecule has 1 aliphatic rings. The number of fused-ring (bicyclic) bond motifs is 1. The Morgan fingerprint density at radius 3 is 2.80 bits per heavy atom. The number of aromatic amines is 2. The molecule has 0 bridgehead atoms. The minimum absolute atomic E-state index is 0.206. The van der Waals surface area contributed by atoms with Crippen molar-refractivity contribution in [3.05, 3.63) is 79.9 Å². The van der Waals surface area contributed by atoms with Gasteiger partial charge in [0.2, 0.25) is 11.7 Å². The van der Waals surface area contributed by atoms with E-state index in [-0.39, 0.29) is 29.1 Å². The van der Waals surface area contributed by atoms with Crippen LogP contribution in [0.15, 0.2) is 46.6 Å². The fraction of sp³-hybridized carbons (Fsp3) is 0.174. The minimum Gasteiger partial charge on any atom is -0.493 e. The number of nitrogens with one attached hydrogen (secondary N) is 2. The maximum absolute atomic E-state index is 12.9. The number of rotatable bonds is 5. The van der Waals surface area contributed by atoms with Crippen LogP contribution in [-0.2, 0) is 0 Å². The number of aromatic nitrogens is 7. The molecule has 1 aliphatic carbocycles. The van der Waals surface area contributed by atoms with Gasteiger partial charge in [-0.25, -0.2) is 14.8 Å². The molecule has 0 radical (unpaired) electrons. The molecule has 0 spiro atoms. The summed E-state index contributed by atoms with van der Waals surface area (Å²) in [6, 6.07) is 5.69. The normalized spacial score (nSPS) is 14.8. The Morgan fingerprint density at radius 1 is 1.23 bits per heavy atom. The zero-order valence-electron chi connectivity index (χ0n) is 18.4. The van der Waals surface area contributed by atoms with Crippen molar-refractivity contribution in [2.75, 3.05) is 0 Å². The van der Waals surface area contributed by atoms with E-state index in [1.54, 1.807) is 29.1 Å². The van der Waals surface area contributed by atoms with Crippen molar-refractivity contribution in [1.29, 1.82) is 0 Å². The second-order valence-corrected chi connectivity index (χ2v) is 9.30. The fourth-order valence-corrected chi connectivity index (χ4v) is 4.47. The highest BCUT2D eigenvalue weighted by Gasteiger charge is 2.21. The summed E-state index contributed by atoms with van der Waals surface area (Å²) in [6.45, 7) is 1.81. The molecule has 0 aliphatic heterocycles. The largest absolute Gasteiger partial charge is 0.493 e. The van der Waals surface area contributed by atoms with E-state index in [1.807, 2.05) is 19.1 Å². The van der Waals surface area contributed by atoms with Gasteiger partial charge in [0.1, 0.15) is 11.4 Å². The maximum atomic E-state index is 12.9. The van der Waals surface area contributed by atoms with E-state index in [0.29, 0.717) is 26.9 Å². The van der Waals surface area contributed by atoms with Crippen LogP contribution in [0.4, 0.5) is 0 Å². The van der Waals surface area contributed by atoms with Crippen molar-refractivity contribution in [2.45, 2.75) is 25.8 Å².